The van der Waals surface area contributed by atoms with E-state index in [-0.39, 0.29) is 0 Å². The van der Waals surface area contributed by atoms with Crippen LogP contribution >= 0.6 is 0 Å². The smallest absolute Gasteiger partial charge is 0.00620 e. The summed E-state index contributed by atoms with van der Waals surface area (Å²) in [6, 6.07) is 0.407. The molecule has 0 aromatic carbocycles. The molecule has 1 nitrogen and oxygen atoms in total. The predicted octanol–water partition coefficient (Wildman–Crippen LogP) is 3.19. The fourth-order valence-electron chi connectivity index (χ4n) is 1.82. The molecule has 3 unspecified atom stereocenters. The molecule has 12 heavy (non-hydrogen) atoms. The second-order valence-corrected chi connectivity index (χ2v) is 4.18. The highest BCUT2D eigenvalue weighted by atomic mass is 14.6. The zero-order chi connectivity index (χ0) is 9.56. The average Bonchev–Trinajstić information content (AvgIpc) is 2.03. The summed E-state index contributed by atoms with van der Waals surface area (Å²) in [4.78, 5) is 0. The lowest BCUT2D eigenvalue weighted by Gasteiger charge is -2.21. The first-order valence-corrected chi connectivity index (χ1v) is 5.37. The van der Waals surface area contributed by atoms with Crippen LogP contribution in [-0.2, 0) is 0 Å². The third-order valence-electron chi connectivity index (χ3n) is 2.76. The summed E-state index contributed by atoms with van der Waals surface area (Å²) in [5.41, 5.74) is 5.96. The van der Waals surface area contributed by atoms with Crippen molar-refractivity contribution < 1.29 is 0 Å². The van der Waals surface area contributed by atoms with Gasteiger partial charge in [0.25, 0.3) is 0 Å². The van der Waals surface area contributed by atoms with Gasteiger partial charge in [0.2, 0.25) is 0 Å². The Morgan fingerprint density at radius 1 is 1.17 bits per heavy atom. The van der Waals surface area contributed by atoms with Gasteiger partial charge in [-0.3, -0.25) is 0 Å². The van der Waals surface area contributed by atoms with Gasteiger partial charge >= 0.3 is 0 Å². The van der Waals surface area contributed by atoms with Gasteiger partial charge in [0, 0.05) is 6.04 Å². The van der Waals surface area contributed by atoms with E-state index in [1.54, 1.807) is 0 Å². The van der Waals surface area contributed by atoms with E-state index >= 15 is 0 Å². The van der Waals surface area contributed by atoms with Crippen molar-refractivity contribution in [3.63, 3.8) is 0 Å². The molecule has 0 rings (SSSR count). The Balaban J connectivity index is 3.59. The summed E-state index contributed by atoms with van der Waals surface area (Å²) in [5.74, 6) is 1.54. The second kappa shape index (κ2) is 6.47. The van der Waals surface area contributed by atoms with Gasteiger partial charge in [0.05, 0.1) is 0 Å². The molecule has 0 aromatic rings. The molecule has 0 heterocycles. The van der Waals surface area contributed by atoms with Crippen LogP contribution in [0.3, 0.4) is 0 Å². The molecule has 0 aromatic heterocycles. The van der Waals surface area contributed by atoms with Gasteiger partial charge in [-0.2, -0.15) is 0 Å². The van der Waals surface area contributed by atoms with Crippen LogP contribution in [0.15, 0.2) is 0 Å². The van der Waals surface area contributed by atoms with E-state index in [1.807, 2.05) is 0 Å². The van der Waals surface area contributed by atoms with Crippen LogP contribution in [0.4, 0.5) is 0 Å². The summed E-state index contributed by atoms with van der Waals surface area (Å²) >= 11 is 0. The highest BCUT2D eigenvalue weighted by Gasteiger charge is 2.13. The van der Waals surface area contributed by atoms with Crippen LogP contribution in [0.1, 0.15) is 53.4 Å². The minimum atomic E-state index is 0.407. The second-order valence-electron chi connectivity index (χ2n) is 4.18. The summed E-state index contributed by atoms with van der Waals surface area (Å²) < 4.78 is 0. The summed E-state index contributed by atoms with van der Waals surface area (Å²) in [7, 11) is 0. The fourth-order valence-corrected chi connectivity index (χ4v) is 1.82. The Morgan fingerprint density at radius 2 is 1.75 bits per heavy atom. The van der Waals surface area contributed by atoms with Crippen molar-refractivity contribution in [1.29, 1.82) is 0 Å². The van der Waals surface area contributed by atoms with Crippen molar-refractivity contribution in [2.75, 3.05) is 0 Å². The number of rotatable bonds is 6. The minimum Gasteiger partial charge on any atom is -0.327 e. The van der Waals surface area contributed by atoms with Gasteiger partial charge in [0.1, 0.15) is 0 Å². The first kappa shape index (κ1) is 12.0. The number of hydrogen-bond acceptors (Lipinski definition) is 1. The largest absolute Gasteiger partial charge is 0.327 e. The molecular formula is C11H25N. The molecule has 0 aliphatic heterocycles. The number of hydrogen-bond donors (Lipinski definition) is 1. The maximum Gasteiger partial charge on any atom is 0.00620 e. The van der Waals surface area contributed by atoms with Crippen LogP contribution < -0.4 is 5.73 Å². The van der Waals surface area contributed by atoms with Crippen LogP contribution in [0, 0.1) is 11.8 Å². The van der Waals surface area contributed by atoms with Gasteiger partial charge in [0.15, 0.2) is 0 Å². The molecule has 0 amide bonds. The van der Waals surface area contributed by atoms with Crippen LogP contribution in [0.2, 0.25) is 0 Å². The Labute approximate surface area is 77.7 Å². The lowest BCUT2D eigenvalue weighted by atomic mass is 9.88. The summed E-state index contributed by atoms with van der Waals surface area (Å²) in [6.07, 6.45) is 5.05. The molecule has 0 aliphatic carbocycles. The normalized spacial score (nSPS) is 18.8. The topological polar surface area (TPSA) is 26.0 Å². The number of nitrogens with two attached hydrogens (primary N) is 1. The van der Waals surface area contributed by atoms with E-state index in [1.165, 1.54) is 19.3 Å². The Hall–Kier alpha value is -0.0400. The highest BCUT2D eigenvalue weighted by molar-refractivity contribution is 4.69. The van der Waals surface area contributed by atoms with Gasteiger partial charge in [-0.15, -0.1) is 0 Å². The standard InChI is InChI=1S/C11H25N/c1-5-7-9(3)8-10(4)11(12)6-2/h9-11H,5-8,12H2,1-4H3. The molecule has 74 valence electrons. The first-order chi connectivity index (χ1) is 5.61. The summed E-state index contributed by atoms with van der Waals surface area (Å²) in [6.45, 7) is 9.04. The maximum absolute atomic E-state index is 5.96. The maximum atomic E-state index is 5.96. The monoisotopic (exact) mass is 171 g/mol. The van der Waals surface area contributed by atoms with Crippen LogP contribution in [-0.4, -0.2) is 6.04 Å². The van der Waals surface area contributed by atoms with Crippen molar-refractivity contribution in [2.45, 2.75) is 59.4 Å². The zero-order valence-electron chi connectivity index (χ0n) is 9.14. The highest BCUT2D eigenvalue weighted by Crippen LogP contribution is 2.19. The molecule has 1 heteroatoms. The Bertz CT molecular complexity index is 101. The minimum absolute atomic E-state index is 0.407. The molecule has 0 radical (unpaired) electrons. The molecule has 0 saturated carbocycles. The molecule has 2 N–H and O–H groups in total. The molecule has 0 bridgehead atoms. The quantitative estimate of drug-likeness (QED) is 0.652. The Morgan fingerprint density at radius 3 is 2.17 bits per heavy atom. The van der Waals surface area contributed by atoms with Crippen LogP contribution in [0.5, 0.6) is 0 Å². The predicted molar refractivity (Wildman–Crippen MR) is 56.1 cm³/mol. The van der Waals surface area contributed by atoms with Crippen molar-refractivity contribution in [3.8, 4) is 0 Å². The van der Waals surface area contributed by atoms with Crippen LogP contribution in [0.25, 0.3) is 0 Å². The van der Waals surface area contributed by atoms with Gasteiger partial charge in [-0.1, -0.05) is 40.5 Å². The zero-order valence-corrected chi connectivity index (χ0v) is 9.14. The SMILES string of the molecule is CCCC(C)CC(C)C(N)CC. The van der Waals surface area contributed by atoms with E-state index in [2.05, 4.69) is 27.7 Å². The molecule has 0 spiro atoms. The lowest BCUT2D eigenvalue weighted by molar-refractivity contribution is 0.338. The molecule has 3 atom stereocenters. The molecule has 0 saturated heterocycles. The van der Waals surface area contributed by atoms with E-state index in [0.717, 1.165) is 12.3 Å². The van der Waals surface area contributed by atoms with Gasteiger partial charge in [-0.05, 0) is 24.7 Å². The van der Waals surface area contributed by atoms with Gasteiger partial charge < -0.3 is 5.73 Å². The third-order valence-corrected chi connectivity index (χ3v) is 2.76. The van der Waals surface area contributed by atoms with E-state index in [9.17, 15) is 0 Å². The van der Waals surface area contributed by atoms with Crippen molar-refractivity contribution >= 4 is 0 Å². The van der Waals surface area contributed by atoms with E-state index in [4.69, 9.17) is 5.73 Å². The molecule has 0 fully saturated rings. The van der Waals surface area contributed by atoms with E-state index < -0.39 is 0 Å². The van der Waals surface area contributed by atoms with Crippen molar-refractivity contribution in [2.24, 2.45) is 17.6 Å². The molecular weight excluding hydrogens is 146 g/mol. The Kier molecular flexibility index (Phi) is 6.45. The van der Waals surface area contributed by atoms with Crippen molar-refractivity contribution in [3.05, 3.63) is 0 Å². The van der Waals surface area contributed by atoms with Crippen molar-refractivity contribution in [1.82, 2.24) is 0 Å². The summed E-state index contributed by atoms with van der Waals surface area (Å²) in [5, 5.41) is 0. The third kappa shape index (κ3) is 4.76. The average molecular weight is 171 g/mol. The molecule has 0 aliphatic rings. The van der Waals surface area contributed by atoms with E-state index in [0.29, 0.717) is 12.0 Å². The lowest BCUT2D eigenvalue weighted by Crippen LogP contribution is -2.28. The van der Waals surface area contributed by atoms with Gasteiger partial charge in [-0.25, -0.2) is 0 Å². The fraction of sp³-hybridized carbons (Fsp3) is 1.00. The first-order valence-electron chi connectivity index (χ1n) is 5.37.